The largest absolute Gasteiger partial charge is 0.480 e. The predicted octanol–water partition coefficient (Wildman–Crippen LogP) is 1.24. The van der Waals surface area contributed by atoms with Gasteiger partial charge in [-0.25, -0.2) is 9.59 Å². The molecule has 2 amide bonds. The summed E-state index contributed by atoms with van der Waals surface area (Å²) in [5.74, 6) is -0.466. The highest BCUT2D eigenvalue weighted by atomic mass is 16.4. The highest BCUT2D eigenvalue weighted by Crippen LogP contribution is 2.17. The van der Waals surface area contributed by atoms with E-state index in [0.717, 1.165) is 25.9 Å². The molecule has 0 bridgehead atoms. The second-order valence-electron chi connectivity index (χ2n) is 4.60. The van der Waals surface area contributed by atoms with Gasteiger partial charge in [-0.2, -0.15) is 0 Å². The second-order valence-corrected chi connectivity index (χ2v) is 4.60. The van der Waals surface area contributed by atoms with E-state index < -0.39 is 12.0 Å². The number of carbonyl (C=O) groups excluding carboxylic acids is 1. The summed E-state index contributed by atoms with van der Waals surface area (Å²) in [5, 5.41) is 8.84. The molecule has 0 aromatic rings. The molecule has 0 radical (unpaired) electrons. The molecule has 1 N–H and O–H groups in total. The van der Waals surface area contributed by atoms with Gasteiger partial charge in [-0.15, -0.1) is 0 Å². The lowest BCUT2D eigenvalue weighted by Crippen LogP contribution is -2.50. The first kappa shape index (κ1) is 12.8. The third kappa shape index (κ3) is 2.87. The molecule has 2 atom stereocenters. The SMILES string of the molecule is CC1CCCN(C(=O)N(C)C(C)C(=O)O)C1. The average Bonchev–Trinajstić information content (AvgIpc) is 2.26. The Kier molecular flexibility index (Phi) is 4.15. The summed E-state index contributed by atoms with van der Waals surface area (Å²) in [7, 11) is 1.54. The molecule has 0 spiro atoms. The molecule has 0 aromatic heterocycles. The summed E-state index contributed by atoms with van der Waals surface area (Å²) in [6, 6.07) is -0.953. The maximum Gasteiger partial charge on any atom is 0.326 e. The van der Waals surface area contributed by atoms with Crippen molar-refractivity contribution in [1.29, 1.82) is 0 Å². The Morgan fingerprint density at radius 2 is 2.12 bits per heavy atom. The highest BCUT2D eigenvalue weighted by molar-refractivity contribution is 5.82. The van der Waals surface area contributed by atoms with E-state index in [9.17, 15) is 9.59 Å². The highest BCUT2D eigenvalue weighted by Gasteiger charge is 2.28. The molecule has 16 heavy (non-hydrogen) atoms. The zero-order valence-corrected chi connectivity index (χ0v) is 10.1. The fourth-order valence-electron chi connectivity index (χ4n) is 1.92. The van der Waals surface area contributed by atoms with E-state index in [1.165, 1.54) is 11.8 Å². The van der Waals surface area contributed by atoms with Crippen LogP contribution in [0, 0.1) is 5.92 Å². The standard InChI is InChI=1S/C11H20N2O3/c1-8-5-4-6-13(7-8)11(16)12(3)9(2)10(14)15/h8-9H,4-7H2,1-3H3,(H,14,15). The molecule has 92 valence electrons. The molecular weight excluding hydrogens is 208 g/mol. The third-order valence-corrected chi connectivity index (χ3v) is 3.17. The Balaban J connectivity index is 2.59. The van der Waals surface area contributed by atoms with Gasteiger partial charge in [-0.05, 0) is 25.7 Å². The van der Waals surface area contributed by atoms with Gasteiger partial charge >= 0.3 is 12.0 Å². The second kappa shape index (κ2) is 5.18. The number of urea groups is 1. The normalized spacial score (nSPS) is 22.7. The van der Waals surface area contributed by atoms with Gasteiger partial charge in [-0.3, -0.25) is 0 Å². The predicted molar refractivity (Wildman–Crippen MR) is 60.2 cm³/mol. The van der Waals surface area contributed by atoms with Crippen LogP contribution in [0.5, 0.6) is 0 Å². The van der Waals surface area contributed by atoms with Crippen molar-refractivity contribution in [2.75, 3.05) is 20.1 Å². The van der Waals surface area contributed by atoms with Crippen molar-refractivity contribution in [1.82, 2.24) is 9.80 Å². The quantitative estimate of drug-likeness (QED) is 0.773. The molecule has 0 saturated carbocycles. The van der Waals surface area contributed by atoms with E-state index in [2.05, 4.69) is 6.92 Å². The number of aliphatic carboxylic acids is 1. The van der Waals surface area contributed by atoms with E-state index in [0.29, 0.717) is 5.92 Å². The average molecular weight is 228 g/mol. The molecular formula is C11H20N2O3. The Hall–Kier alpha value is -1.26. The minimum absolute atomic E-state index is 0.179. The smallest absolute Gasteiger partial charge is 0.326 e. The number of likely N-dealkylation sites (tertiary alicyclic amines) is 1. The number of nitrogens with zero attached hydrogens (tertiary/aromatic N) is 2. The fraction of sp³-hybridized carbons (Fsp3) is 0.818. The number of carbonyl (C=O) groups is 2. The Bertz CT molecular complexity index is 280. The van der Waals surface area contributed by atoms with Crippen molar-refractivity contribution in [2.24, 2.45) is 5.92 Å². The van der Waals surface area contributed by atoms with Crippen LogP contribution in [0.25, 0.3) is 0 Å². The van der Waals surface area contributed by atoms with Gasteiger partial charge in [0.1, 0.15) is 6.04 Å². The van der Waals surface area contributed by atoms with Crippen LogP contribution >= 0.6 is 0 Å². The van der Waals surface area contributed by atoms with E-state index in [4.69, 9.17) is 5.11 Å². The van der Waals surface area contributed by atoms with E-state index in [1.807, 2.05) is 0 Å². The molecule has 1 aliphatic rings. The number of amides is 2. The lowest BCUT2D eigenvalue weighted by Gasteiger charge is -2.35. The third-order valence-electron chi connectivity index (χ3n) is 3.17. The number of piperidine rings is 1. The van der Waals surface area contributed by atoms with Gasteiger partial charge in [-0.1, -0.05) is 6.92 Å². The molecule has 2 unspecified atom stereocenters. The van der Waals surface area contributed by atoms with E-state index in [1.54, 1.807) is 11.9 Å². The summed E-state index contributed by atoms with van der Waals surface area (Å²) in [6.07, 6.45) is 2.14. The summed E-state index contributed by atoms with van der Waals surface area (Å²) in [6.45, 7) is 5.10. The van der Waals surface area contributed by atoms with Crippen LogP contribution in [0.15, 0.2) is 0 Å². The minimum atomic E-state index is -0.971. The van der Waals surface area contributed by atoms with Crippen molar-refractivity contribution in [3.8, 4) is 0 Å². The zero-order chi connectivity index (χ0) is 12.3. The minimum Gasteiger partial charge on any atom is -0.480 e. The van der Waals surface area contributed by atoms with Gasteiger partial charge in [0.25, 0.3) is 0 Å². The number of hydrogen-bond acceptors (Lipinski definition) is 2. The number of likely N-dealkylation sites (N-methyl/N-ethyl adjacent to an activating group) is 1. The van der Waals surface area contributed by atoms with E-state index >= 15 is 0 Å². The number of carboxylic acid groups (broad SMARTS) is 1. The van der Waals surface area contributed by atoms with Crippen molar-refractivity contribution in [3.63, 3.8) is 0 Å². The van der Waals surface area contributed by atoms with Crippen LogP contribution < -0.4 is 0 Å². The molecule has 1 fully saturated rings. The molecule has 0 aliphatic carbocycles. The molecule has 1 aliphatic heterocycles. The van der Waals surface area contributed by atoms with Crippen LogP contribution in [0.2, 0.25) is 0 Å². The number of hydrogen-bond donors (Lipinski definition) is 1. The molecule has 0 aromatic carbocycles. The lowest BCUT2D eigenvalue weighted by atomic mass is 10.0. The first-order valence-corrected chi connectivity index (χ1v) is 5.68. The summed E-state index contributed by atoms with van der Waals surface area (Å²) < 4.78 is 0. The van der Waals surface area contributed by atoms with Crippen molar-refractivity contribution < 1.29 is 14.7 Å². The lowest BCUT2D eigenvalue weighted by molar-refractivity contribution is -0.141. The van der Waals surface area contributed by atoms with Crippen LogP contribution in [-0.2, 0) is 4.79 Å². The molecule has 5 heteroatoms. The zero-order valence-electron chi connectivity index (χ0n) is 10.1. The first-order chi connectivity index (χ1) is 7.43. The van der Waals surface area contributed by atoms with Crippen LogP contribution in [0.1, 0.15) is 26.7 Å². The van der Waals surface area contributed by atoms with Crippen molar-refractivity contribution >= 4 is 12.0 Å². The van der Waals surface area contributed by atoms with E-state index in [-0.39, 0.29) is 6.03 Å². The summed E-state index contributed by atoms with van der Waals surface area (Å²) >= 11 is 0. The van der Waals surface area contributed by atoms with Crippen LogP contribution in [0.3, 0.4) is 0 Å². The van der Waals surface area contributed by atoms with Gasteiger partial charge in [0, 0.05) is 20.1 Å². The van der Waals surface area contributed by atoms with Crippen molar-refractivity contribution in [2.45, 2.75) is 32.7 Å². The van der Waals surface area contributed by atoms with Gasteiger partial charge in [0.2, 0.25) is 0 Å². The Morgan fingerprint density at radius 3 is 2.62 bits per heavy atom. The molecule has 5 nitrogen and oxygen atoms in total. The topological polar surface area (TPSA) is 60.9 Å². The molecule has 1 rings (SSSR count). The van der Waals surface area contributed by atoms with Crippen molar-refractivity contribution in [3.05, 3.63) is 0 Å². The maximum atomic E-state index is 12.0. The van der Waals surface area contributed by atoms with Crippen LogP contribution in [-0.4, -0.2) is 53.1 Å². The van der Waals surface area contributed by atoms with Gasteiger partial charge < -0.3 is 14.9 Å². The monoisotopic (exact) mass is 228 g/mol. The first-order valence-electron chi connectivity index (χ1n) is 5.68. The number of rotatable bonds is 2. The molecule has 1 heterocycles. The summed E-state index contributed by atoms with van der Waals surface area (Å²) in [5.41, 5.74) is 0. The summed E-state index contributed by atoms with van der Waals surface area (Å²) in [4.78, 5) is 25.8. The maximum absolute atomic E-state index is 12.0. The number of carboxylic acids is 1. The molecule has 1 saturated heterocycles. The Labute approximate surface area is 96.0 Å². The van der Waals surface area contributed by atoms with Gasteiger partial charge in [0.05, 0.1) is 0 Å². The van der Waals surface area contributed by atoms with Crippen LogP contribution in [0.4, 0.5) is 4.79 Å². The van der Waals surface area contributed by atoms with Gasteiger partial charge in [0.15, 0.2) is 0 Å². The fourth-order valence-corrected chi connectivity index (χ4v) is 1.92. The Morgan fingerprint density at radius 1 is 1.50 bits per heavy atom.